The van der Waals surface area contributed by atoms with E-state index >= 15 is 0 Å². The smallest absolute Gasteiger partial charge is 0.138 e. The Labute approximate surface area is 325 Å². The van der Waals surface area contributed by atoms with Crippen LogP contribution in [0.4, 0.5) is 0 Å². The number of para-hydroxylation sites is 2. The molecule has 0 N–H and O–H groups in total. The minimum Gasteiger partial charge on any atom is -0.309 e. The van der Waals surface area contributed by atoms with Crippen LogP contribution in [0.2, 0.25) is 0 Å². The zero-order valence-electron chi connectivity index (χ0n) is 30.5. The third-order valence-electron chi connectivity index (χ3n) is 11.1. The van der Waals surface area contributed by atoms with Gasteiger partial charge in [-0.3, -0.25) is 4.57 Å². The van der Waals surface area contributed by atoms with Crippen molar-refractivity contribution in [3.8, 4) is 56.1 Å². The van der Waals surface area contributed by atoms with Crippen LogP contribution in [0.15, 0.2) is 212 Å². The summed E-state index contributed by atoms with van der Waals surface area (Å²) in [5, 5.41) is 4.89. The van der Waals surface area contributed by atoms with Crippen LogP contribution in [0, 0.1) is 0 Å². The lowest BCUT2D eigenvalue weighted by Gasteiger charge is -2.13. The number of nitrogens with zero attached hydrogens (tertiary/aromatic N) is 3. The summed E-state index contributed by atoms with van der Waals surface area (Å²) in [5.74, 6) is 0.892. The van der Waals surface area contributed by atoms with Crippen LogP contribution in [0.3, 0.4) is 0 Å². The molecule has 0 saturated heterocycles. The molecule has 0 fully saturated rings. The number of aromatic nitrogens is 3. The van der Waals surface area contributed by atoms with E-state index in [4.69, 9.17) is 4.98 Å². The maximum atomic E-state index is 5.37. The predicted molar refractivity (Wildman–Crippen MR) is 235 cm³/mol. The van der Waals surface area contributed by atoms with Gasteiger partial charge in [0.1, 0.15) is 5.82 Å². The van der Waals surface area contributed by atoms with E-state index < -0.39 is 0 Å². The number of rotatable bonds is 6. The molecule has 0 saturated carbocycles. The number of fused-ring (bicyclic) bond motifs is 6. The summed E-state index contributed by atoms with van der Waals surface area (Å²) in [6.45, 7) is 0. The fraction of sp³-hybridized carbons (Fsp3) is 0. The highest BCUT2D eigenvalue weighted by atomic mass is 15.1. The average Bonchev–Trinajstić information content (AvgIpc) is 3.79. The van der Waals surface area contributed by atoms with Gasteiger partial charge in [0.2, 0.25) is 0 Å². The molecule has 0 atom stereocenters. The molecule has 0 amide bonds. The van der Waals surface area contributed by atoms with Gasteiger partial charge < -0.3 is 4.57 Å². The van der Waals surface area contributed by atoms with E-state index in [9.17, 15) is 0 Å². The summed E-state index contributed by atoms with van der Waals surface area (Å²) in [5.41, 5.74) is 14.8. The highest BCUT2D eigenvalue weighted by Gasteiger charge is 2.18. The SMILES string of the molecule is c1ccc(-c2ccc(-n3c4ccccc4c4ccc(-c5ccc6c7ccccc7n(-c7cc(-c8ccccc8)cc(-c8ccccc8)n7)c6c5)cc43)cc2)cc1. The first-order valence-corrected chi connectivity index (χ1v) is 19.1. The van der Waals surface area contributed by atoms with E-state index in [1.54, 1.807) is 0 Å². The summed E-state index contributed by atoms with van der Waals surface area (Å²) in [6.07, 6.45) is 0. The standard InChI is InChI=1S/C53H35N3/c1-4-14-36(15-5-1)38-24-28-43(29-25-38)55-49-22-12-10-20-44(49)46-30-26-40(33-51(46)55)41-27-31-47-45-21-11-13-23-50(45)56(52(47)34-41)53-35-42(37-16-6-2-7-17-37)32-48(54-53)39-18-8-3-9-19-39/h1-35H. The lowest BCUT2D eigenvalue weighted by atomic mass is 10.0. The average molecular weight is 714 g/mol. The molecule has 11 rings (SSSR count). The Morgan fingerprint density at radius 1 is 0.268 bits per heavy atom. The third-order valence-corrected chi connectivity index (χ3v) is 11.1. The monoisotopic (exact) mass is 713 g/mol. The Bertz CT molecular complexity index is 3150. The molecule has 262 valence electrons. The van der Waals surface area contributed by atoms with Gasteiger partial charge in [-0.25, -0.2) is 4.98 Å². The molecule has 0 unspecified atom stereocenters. The Morgan fingerprint density at radius 2 is 0.696 bits per heavy atom. The van der Waals surface area contributed by atoms with Crippen LogP contribution in [-0.4, -0.2) is 14.1 Å². The van der Waals surface area contributed by atoms with Gasteiger partial charge in [0, 0.05) is 32.8 Å². The molecule has 0 aliphatic heterocycles. The van der Waals surface area contributed by atoms with E-state index in [2.05, 4.69) is 221 Å². The van der Waals surface area contributed by atoms with Crippen LogP contribution in [-0.2, 0) is 0 Å². The van der Waals surface area contributed by atoms with Gasteiger partial charge in [0.25, 0.3) is 0 Å². The second-order valence-electron chi connectivity index (χ2n) is 14.4. The first-order valence-electron chi connectivity index (χ1n) is 19.1. The largest absolute Gasteiger partial charge is 0.309 e. The Hall–Kier alpha value is -7.49. The fourth-order valence-corrected chi connectivity index (χ4v) is 8.44. The molecule has 11 aromatic rings. The van der Waals surface area contributed by atoms with Crippen molar-refractivity contribution >= 4 is 43.6 Å². The van der Waals surface area contributed by atoms with Gasteiger partial charge in [-0.15, -0.1) is 0 Å². The van der Waals surface area contributed by atoms with Crippen molar-refractivity contribution in [2.24, 2.45) is 0 Å². The lowest BCUT2D eigenvalue weighted by molar-refractivity contribution is 1.08. The summed E-state index contributed by atoms with van der Waals surface area (Å²) in [7, 11) is 0. The summed E-state index contributed by atoms with van der Waals surface area (Å²) >= 11 is 0. The van der Waals surface area contributed by atoms with Gasteiger partial charge in [-0.1, -0.05) is 164 Å². The second kappa shape index (κ2) is 13.1. The van der Waals surface area contributed by atoms with Gasteiger partial charge in [0.15, 0.2) is 0 Å². The van der Waals surface area contributed by atoms with Gasteiger partial charge >= 0.3 is 0 Å². The second-order valence-corrected chi connectivity index (χ2v) is 14.4. The minimum atomic E-state index is 0.892. The van der Waals surface area contributed by atoms with Crippen molar-refractivity contribution < 1.29 is 0 Å². The molecule has 3 aromatic heterocycles. The highest BCUT2D eigenvalue weighted by Crippen LogP contribution is 2.39. The van der Waals surface area contributed by atoms with Crippen LogP contribution < -0.4 is 0 Å². The Balaban J connectivity index is 1.11. The van der Waals surface area contributed by atoms with Gasteiger partial charge in [-0.05, 0) is 81.9 Å². The van der Waals surface area contributed by atoms with Crippen LogP contribution >= 0.6 is 0 Å². The summed E-state index contributed by atoms with van der Waals surface area (Å²) in [6, 6.07) is 76.3. The fourth-order valence-electron chi connectivity index (χ4n) is 8.44. The van der Waals surface area contributed by atoms with Crippen molar-refractivity contribution in [3.05, 3.63) is 212 Å². The zero-order valence-corrected chi connectivity index (χ0v) is 30.5. The van der Waals surface area contributed by atoms with Crippen LogP contribution in [0.5, 0.6) is 0 Å². The normalized spacial score (nSPS) is 11.6. The first-order chi connectivity index (χ1) is 27.8. The highest BCUT2D eigenvalue weighted by molar-refractivity contribution is 6.12. The number of benzene rings is 8. The summed E-state index contributed by atoms with van der Waals surface area (Å²) in [4.78, 5) is 5.37. The van der Waals surface area contributed by atoms with Crippen molar-refractivity contribution in [1.82, 2.24) is 14.1 Å². The molecule has 56 heavy (non-hydrogen) atoms. The number of hydrogen-bond donors (Lipinski definition) is 0. The van der Waals surface area contributed by atoms with E-state index in [1.165, 1.54) is 43.7 Å². The van der Waals surface area contributed by atoms with Crippen molar-refractivity contribution in [1.29, 1.82) is 0 Å². The van der Waals surface area contributed by atoms with Gasteiger partial charge in [0.05, 0.1) is 27.8 Å². The molecule has 8 aromatic carbocycles. The minimum absolute atomic E-state index is 0.892. The first kappa shape index (κ1) is 32.0. The molecule has 0 aliphatic rings. The lowest BCUT2D eigenvalue weighted by Crippen LogP contribution is -2.00. The molecule has 0 spiro atoms. The predicted octanol–water partition coefficient (Wildman–Crippen LogP) is 13.9. The zero-order chi connectivity index (χ0) is 37.0. The molecule has 3 heteroatoms. The van der Waals surface area contributed by atoms with Crippen LogP contribution in [0.25, 0.3) is 99.8 Å². The topological polar surface area (TPSA) is 22.8 Å². The molecule has 0 bridgehead atoms. The number of pyridine rings is 1. The van der Waals surface area contributed by atoms with Crippen molar-refractivity contribution in [2.75, 3.05) is 0 Å². The van der Waals surface area contributed by atoms with Gasteiger partial charge in [-0.2, -0.15) is 0 Å². The summed E-state index contributed by atoms with van der Waals surface area (Å²) < 4.78 is 4.75. The Morgan fingerprint density at radius 3 is 1.29 bits per heavy atom. The van der Waals surface area contributed by atoms with Crippen LogP contribution in [0.1, 0.15) is 0 Å². The van der Waals surface area contributed by atoms with Crippen molar-refractivity contribution in [3.63, 3.8) is 0 Å². The maximum Gasteiger partial charge on any atom is 0.138 e. The molecular formula is C53H35N3. The number of hydrogen-bond acceptors (Lipinski definition) is 1. The molecule has 3 nitrogen and oxygen atoms in total. The molecule has 0 radical (unpaired) electrons. The van der Waals surface area contributed by atoms with E-state index in [1.807, 2.05) is 0 Å². The molecule has 3 heterocycles. The third kappa shape index (κ3) is 5.32. The van der Waals surface area contributed by atoms with Crippen molar-refractivity contribution in [2.45, 2.75) is 0 Å². The van der Waals surface area contributed by atoms with E-state index in [-0.39, 0.29) is 0 Å². The quantitative estimate of drug-likeness (QED) is 0.168. The molecular weight excluding hydrogens is 679 g/mol. The van der Waals surface area contributed by atoms with E-state index in [0.29, 0.717) is 0 Å². The molecule has 0 aliphatic carbocycles. The Kier molecular flexibility index (Phi) is 7.49. The van der Waals surface area contributed by atoms with E-state index in [0.717, 1.165) is 56.0 Å². The maximum absolute atomic E-state index is 5.37.